The van der Waals surface area contributed by atoms with Crippen molar-refractivity contribution in [1.29, 1.82) is 0 Å². The fraction of sp³-hybridized carbons (Fsp3) is 0.562. The van der Waals surface area contributed by atoms with Gasteiger partial charge in [-0.3, -0.25) is 0 Å². The van der Waals surface area contributed by atoms with Crippen LogP contribution < -0.4 is 10.1 Å². The molecule has 5 heteroatoms. The highest BCUT2D eigenvalue weighted by molar-refractivity contribution is 5.75. The lowest BCUT2D eigenvalue weighted by molar-refractivity contribution is 0.123. The number of piperazine rings is 1. The van der Waals surface area contributed by atoms with E-state index in [9.17, 15) is 4.79 Å². The van der Waals surface area contributed by atoms with Gasteiger partial charge in [0, 0.05) is 38.8 Å². The van der Waals surface area contributed by atoms with E-state index in [4.69, 9.17) is 4.74 Å². The molecule has 2 amide bonds. The summed E-state index contributed by atoms with van der Waals surface area (Å²) in [5.41, 5.74) is 1.09. The van der Waals surface area contributed by atoms with Gasteiger partial charge >= 0.3 is 6.03 Å². The van der Waals surface area contributed by atoms with E-state index in [2.05, 4.69) is 10.2 Å². The van der Waals surface area contributed by atoms with Gasteiger partial charge in [-0.1, -0.05) is 12.1 Å². The lowest BCUT2D eigenvalue weighted by Crippen LogP contribution is -2.57. The molecule has 2 aliphatic rings. The van der Waals surface area contributed by atoms with Crippen molar-refractivity contribution in [1.82, 2.24) is 15.1 Å². The molecule has 2 saturated heterocycles. The summed E-state index contributed by atoms with van der Waals surface area (Å²) < 4.78 is 5.24. The summed E-state index contributed by atoms with van der Waals surface area (Å²) in [6.45, 7) is 2.46. The average molecular weight is 289 g/mol. The second kappa shape index (κ2) is 5.93. The van der Waals surface area contributed by atoms with E-state index in [0.29, 0.717) is 18.6 Å². The minimum absolute atomic E-state index is 0.145. The fourth-order valence-corrected chi connectivity index (χ4v) is 3.40. The van der Waals surface area contributed by atoms with Crippen molar-refractivity contribution in [3.8, 4) is 5.75 Å². The zero-order valence-electron chi connectivity index (χ0n) is 12.7. The lowest BCUT2D eigenvalue weighted by atomic mass is 10.2. The van der Waals surface area contributed by atoms with Crippen molar-refractivity contribution in [2.75, 3.05) is 27.2 Å². The molecule has 0 saturated carbocycles. The second-order valence-electron chi connectivity index (χ2n) is 5.94. The predicted molar refractivity (Wildman–Crippen MR) is 81.4 cm³/mol. The van der Waals surface area contributed by atoms with Crippen molar-refractivity contribution in [3.63, 3.8) is 0 Å². The molecule has 2 bridgehead atoms. The van der Waals surface area contributed by atoms with Crippen LogP contribution in [0.15, 0.2) is 24.3 Å². The van der Waals surface area contributed by atoms with Gasteiger partial charge < -0.3 is 19.9 Å². The first-order chi connectivity index (χ1) is 10.2. The number of hydrogen-bond acceptors (Lipinski definition) is 3. The molecule has 1 N–H and O–H groups in total. The van der Waals surface area contributed by atoms with Crippen LogP contribution in [0.2, 0.25) is 0 Å². The molecule has 114 valence electrons. The number of ether oxygens (including phenoxy) is 1. The number of methoxy groups -OCH3 is 1. The molecule has 5 nitrogen and oxygen atoms in total. The first-order valence-corrected chi connectivity index (χ1v) is 7.56. The predicted octanol–water partition coefficient (Wildman–Crippen LogP) is 1.68. The van der Waals surface area contributed by atoms with E-state index in [1.165, 1.54) is 0 Å². The molecule has 2 atom stereocenters. The highest BCUT2D eigenvalue weighted by atomic mass is 16.5. The Morgan fingerprint density at radius 3 is 2.76 bits per heavy atom. The second-order valence-corrected chi connectivity index (χ2v) is 5.94. The molecule has 3 rings (SSSR count). The number of urea groups is 1. The first kappa shape index (κ1) is 14.2. The van der Waals surface area contributed by atoms with Crippen LogP contribution in [0.3, 0.4) is 0 Å². The Balaban J connectivity index is 1.67. The SMILES string of the molecule is COc1cccc(CN(C)C(=O)N2C3CCC2CNC3)c1. The Morgan fingerprint density at radius 2 is 2.10 bits per heavy atom. The van der Waals surface area contributed by atoms with E-state index < -0.39 is 0 Å². The van der Waals surface area contributed by atoms with Crippen LogP contribution in [0.1, 0.15) is 18.4 Å². The monoisotopic (exact) mass is 289 g/mol. The number of nitrogens with zero attached hydrogens (tertiary/aromatic N) is 2. The molecule has 21 heavy (non-hydrogen) atoms. The van der Waals surface area contributed by atoms with E-state index >= 15 is 0 Å². The summed E-state index contributed by atoms with van der Waals surface area (Å²) in [4.78, 5) is 16.6. The number of rotatable bonds is 3. The topological polar surface area (TPSA) is 44.8 Å². The molecule has 0 aliphatic carbocycles. The summed E-state index contributed by atoms with van der Waals surface area (Å²) in [6.07, 6.45) is 2.24. The minimum Gasteiger partial charge on any atom is -0.497 e. The number of amides is 2. The number of fused-ring (bicyclic) bond motifs is 2. The Bertz CT molecular complexity index is 504. The molecule has 0 aromatic heterocycles. The maximum Gasteiger partial charge on any atom is 0.320 e. The van der Waals surface area contributed by atoms with Gasteiger partial charge in [-0.2, -0.15) is 0 Å². The summed E-state index contributed by atoms with van der Waals surface area (Å²) in [7, 11) is 3.54. The average Bonchev–Trinajstić information content (AvgIpc) is 2.75. The lowest BCUT2D eigenvalue weighted by Gasteiger charge is -2.37. The van der Waals surface area contributed by atoms with Crippen molar-refractivity contribution in [2.24, 2.45) is 0 Å². The van der Waals surface area contributed by atoms with Crippen LogP contribution in [-0.4, -0.2) is 55.2 Å². The fourth-order valence-electron chi connectivity index (χ4n) is 3.40. The Hall–Kier alpha value is -1.75. The molecule has 1 aromatic rings. The van der Waals surface area contributed by atoms with Gasteiger partial charge in [0.15, 0.2) is 0 Å². The van der Waals surface area contributed by atoms with Crippen LogP contribution in [0.4, 0.5) is 4.79 Å². The summed E-state index contributed by atoms with van der Waals surface area (Å²) in [5, 5.41) is 3.41. The van der Waals surface area contributed by atoms with Gasteiger partial charge in [-0.05, 0) is 30.5 Å². The summed E-state index contributed by atoms with van der Waals surface area (Å²) in [5.74, 6) is 0.829. The normalized spacial score (nSPS) is 24.0. The van der Waals surface area contributed by atoms with Gasteiger partial charge in [-0.25, -0.2) is 4.79 Å². The highest BCUT2D eigenvalue weighted by Crippen LogP contribution is 2.28. The quantitative estimate of drug-likeness (QED) is 0.921. The smallest absolute Gasteiger partial charge is 0.320 e. The van der Waals surface area contributed by atoms with Crippen molar-refractivity contribution in [3.05, 3.63) is 29.8 Å². The largest absolute Gasteiger partial charge is 0.497 e. The van der Waals surface area contributed by atoms with Crippen molar-refractivity contribution >= 4 is 6.03 Å². The van der Waals surface area contributed by atoms with E-state index in [-0.39, 0.29) is 6.03 Å². The molecule has 2 aliphatic heterocycles. The number of carbonyl (C=O) groups is 1. The summed E-state index contributed by atoms with van der Waals surface area (Å²) in [6, 6.07) is 8.76. The maximum atomic E-state index is 12.7. The molecular formula is C16H23N3O2. The van der Waals surface area contributed by atoms with E-state index in [1.807, 2.05) is 36.2 Å². The molecular weight excluding hydrogens is 266 g/mol. The Morgan fingerprint density at radius 1 is 1.38 bits per heavy atom. The van der Waals surface area contributed by atoms with Crippen molar-refractivity contribution in [2.45, 2.75) is 31.5 Å². The molecule has 0 spiro atoms. The zero-order valence-corrected chi connectivity index (χ0v) is 12.7. The standard InChI is InChI=1S/C16H23N3O2/c1-18(11-12-4-3-5-15(8-12)21-2)16(20)19-13-6-7-14(19)10-17-9-13/h3-5,8,13-14,17H,6-7,9-11H2,1-2H3. The molecule has 2 heterocycles. The zero-order chi connectivity index (χ0) is 14.8. The van der Waals surface area contributed by atoms with E-state index in [1.54, 1.807) is 7.11 Å². The van der Waals surface area contributed by atoms with Crippen LogP contribution in [0.5, 0.6) is 5.75 Å². The third-order valence-electron chi connectivity index (χ3n) is 4.48. The number of hydrogen-bond donors (Lipinski definition) is 1. The number of carbonyl (C=O) groups excluding carboxylic acids is 1. The Kier molecular flexibility index (Phi) is 4.01. The van der Waals surface area contributed by atoms with Crippen LogP contribution in [-0.2, 0) is 6.54 Å². The number of nitrogens with one attached hydrogen (secondary N) is 1. The van der Waals surface area contributed by atoms with Gasteiger partial charge in [0.2, 0.25) is 0 Å². The third kappa shape index (κ3) is 2.83. The highest BCUT2D eigenvalue weighted by Gasteiger charge is 2.40. The summed E-state index contributed by atoms with van der Waals surface area (Å²) >= 11 is 0. The van der Waals surface area contributed by atoms with Crippen LogP contribution >= 0.6 is 0 Å². The van der Waals surface area contributed by atoms with Gasteiger partial charge in [0.25, 0.3) is 0 Å². The van der Waals surface area contributed by atoms with Crippen molar-refractivity contribution < 1.29 is 9.53 Å². The molecule has 0 radical (unpaired) electrons. The van der Waals surface area contributed by atoms with Gasteiger partial charge in [-0.15, -0.1) is 0 Å². The van der Waals surface area contributed by atoms with Crippen LogP contribution in [0, 0.1) is 0 Å². The van der Waals surface area contributed by atoms with Gasteiger partial charge in [0.05, 0.1) is 7.11 Å². The molecule has 1 aromatic carbocycles. The van der Waals surface area contributed by atoms with Gasteiger partial charge in [0.1, 0.15) is 5.75 Å². The van der Waals surface area contributed by atoms with E-state index in [0.717, 1.165) is 37.2 Å². The number of benzene rings is 1. The molecule has 2 fully saturated rings. The Labute approximate surface area is 125 Å². The van der Waals surface area contributed by atoms with Crippen LogP contribution in [0.25, 0.3) is 0 Å². The maximum absolute atomic E-state index is 12.7. The molecule has 2 unspecified atom stereocenters. The third-order valence-corrected chi connectivity index (χ3v) is 4.48. The minimum atomic E-state index is 0.145. The first-order valence-electron chi connectivity index (χ1n) is 7.56.